The molecule has 2 N–H and O–H groups in total. The number of hydrogen-bond acceptors (Lipinski definition) is 4. The van der Waals surface area contributed by atoms with Gasteiger partial charge in [0, 0.05) is 6.54 Å². The third-order valence-electron chi connectivity index (χ3n) is 2.92. The normalized spacial score (nSPS) is 12.9. The van der Waals surface area contributed by atoms with E-state index in [0.29, 0.717) is 6.54 Å². The second-order valence-corrected chi connectivity index (χ2v) is 4.10. The Kier molecular flexibility index (Phi) is 4.66. The van der Waals surface area contributed by atoms with Gasteiger partial charge in [-0.25, -0.2) is 4.79 Å². The van der Waals surface area contributed by atoms with Crippen LogP contribution in [0.1, 0.15) is 26.8 Å². The molecule has 0 fully saturated rings. The zero-order valence-corrected chi connectivity index (χ0v) is 10.7. The van der Waals surface area contributed by atoms with Crippen LogP contribution in [0.3, 0.4) is 0 Å². The van der Waals surface area contributed by atoms with Crippen LogP contribution < -0.4 is 11.2 Å². The van der Waals surface area contributed by atoms with Gasteiger partial charge in [-0.3, -0.25) is 14.3 Å². The summed E-state index contributed by atoms with van der Waals surface area (Å²) in [5.41, 5.74) is -2.01. The Morgan fingerprint density at radius 2 is 1.94 bits per heavy atom. The van der Waals surface area contributed by atoms with E-state index in [2.05, 4.69) is 0 Å². The zero-order valence-electron chi connectivity index (χ0n) is 10.7. The fraction of sp³-hybridized carbons (Fsp3) is 0.636. The molecule has 1 heterocycles. The van der Waals surface area contributed by atoms with Crippen LogP contribution >= 0.6 is 0 Å². The molecule has 1 unspecified atom stereocenters. The van der Waals surface area contributed by atoms with Crippen LogP contribution in [0.15, 0.2) is 9.59 Å². The molecule has 0 aliphatic carbocycles. The van der Waals surface area contributed by atoms with E-state index in [-0.39, 0.29) is 0 Å². The number of H-pyrrole nitrogens is 1. The van der Waals surface area contributed by atoms with Crippen LogP contribution in [0.4, 0.5) is 4.39 Å². The second kappa shape index (κ2) is 5.81. The van der Waals surface area contributed by atoms with E-state index in [1.165, 1.54) is 0 Å². The smallest absolute Gasteiger partial charge is 0.331 e. The van der Waals surface area contributed by atoms with Gasteiger partial charge in [-0.2, -0.15) is 4.39 Å². The summed E-state index contributed by atoms with van der Waals surface area (Å²) in [7, 11) is 0. The Balaban J connectivity index is 3.14. The second-order valence-electron chi connectivity index (χ2n) is 4.10. The minimum atomic E-state index is -1.33. The molecular weight excluding hydrogens is 241 g/mol. The number of rotatable bonds is 5. The van der Waals surface area contributed by atoms with E-state index < -0.39 is 29.0 Å². The lowest BCUT2D eigenvalue weighted by atomic mass is 10.3. The summed E-state index contributed by atoms with van der Waals surface area (Å²) in [4.78, 5) is 26.4. The van der Waals surface area contributed by atoms with Crippen molar-refractivity contribution in [3.05, 3.63) is 26.7 Å². The first-order valence-corrected chi connectivity index (χ1v) is 5.87. The average molecular weight is 259 g/mol. The number of hydrogen-bond donors (Lipinski definition) is 2. The van der Waals surface area contributed by atoms with Crippen LogP contribution in [0.2, 0.25) is 0 Å². The summed E-state index contributed by atoms with van der Waals surface area (Å²) in [6, 6.07) is -0.441. The Hall–Kier alpha value is -1.63. The number of aromatic amines is 1. The Bertz CT molecular complexity index is 519. The van der Waals surface area contributed by atoms with Crippen LogP contribution in [0.25, 0.3) is 0 Å². The molecule has 0 aliphatic rings. The molecule has 1 atom stereocenters. The Labute approximate surface area is 104 Å². The third kappa shape index (κ3) is 2.79. The predicted octanol–water partition coefficient (Wildman–Crippen LogP) is 0.284. The standard InChI is InChI=1S/C11H18FN3O3/c1-4-14(5-2)6-7(3)15-10(17)8(12)9(16)13-11(15)18/h7,17H,4-6H2,1-3H3,(H,13,16,18). The van der Waals surface area contributed by atoms with E-state index in [4.69, 9.17) is 0 Å². The summed E-state index contributed by atoms with van der Waals surface area (Å²) in [6.45, 7) is 7.64. The topological polar surface area (TPSA) is 78.3 Å². The van der Waals surface area contributed by atoms with Crippen molar-refractivity contribution in [2.24, 2.45) is 0 Å². The van der Waals surface area contributed by atoms with E-state index in [1.807, 2.05) is 23.7 Å². The van der Waals surface area contributed by atoms with Crippen LogP contribution in [-0.4, -0.2) is 39.2 Å². The highest BCUT2D eigenvalue weighted by Crippen LogP contribution is 2.15. The zero-order chi connectivity index (χ0) is 13.9. The highest BCUT2D eigenvalue weighted by atomic mass is 19.1. The van der Waals surface area contributed by atoms with Crippen LogP contribution in [-0.2, 0) is 0 Å². The molecule has 102 valence electrons. The fourth-order valence-corrected chi connectivity index (χ4v) is 1.86. The maximum Gasteiger partial charge on any atom is 0.331 e. The lowest BCUT2D eigenvalue weighted by Gasteiger charge is -2.24. The molecule has 18 heavy (non-hydrogen) atoms. The van der Waals surface area contributed by atoms with Gasteiger partial charge in [0.25, 0.3) is 5.56 Å². The van der Waals surface area contributed by atoms with E-state index >= 15 is 0 Å². The van der Waals surface area contributed by atoms with Gasteiger partial charge < -0.3 is 10.0 Å². The molecular formula is C11H18FN3O3. The Morgan fingerprint density at radius 1 is 1.39 bits per heavy atom. The molecule has 0 saturated carbocycles. The lowest BCUT2D eigenvalue weighted by molar-refractivity contribution is 0.241. The summed E-state index contributed by atoms with van der Waals surface area (Å²) >= 11 is 0. The molecule has 0 amide bonds. The van der Waals surface area contributed by atoms with Crippen molar-refractivity contribution >= 4 is 0 Å². The fourth-order valence-electron chi connectivity index (χ4n) is 1.86. The molecule has 0 bridgehead atoms. The quantitative estimate of drug-likeness (QED) is 0.796. The SMILES string of the molecule is CCN(CC)CC(C)n1c(O)c(F)c(=O)[nH]c1=O. The maximum atomic E-state index is 13.3. The largest absolute Gasteiger partial charge is 0.492 e. The number of aromatic hydroxyl groups is 1. The molecule has 0 aliphatic heterocycles. The van der Waals surface area contributed by atoms with E-state index in [1.54, 1.807) is 6.92 Å². The van der Waals surface area contributed by atoms with Crippen molar-refractivity contribution in [1.82, 2.24) is 14.5 Å². The Morgan fingerprint density at radius 3 is 2.44 bits per heavy atom. The number of nitrogens with zero attached hydrogens (tertiary/aromatic N) is 2. The third-order valence-corrected chi connectivity index (χ3v) is 2.92. The number of nitrogens with one attached hydrogen (secondary N) is 1. The highest BCUT2D eigenvalue weighted by molar-refractivity contribution is 5.10. The number of halogens is 1. The summed E-state index contributed by atoms with van der Waals surface area (Å²) in [6.07, 6.45) is 0. The van der Waals surface area contributed by atoms with Gasteiger partial charge in [-0.05, 0) is 20.0 Å². The molecule has 0 saturated heterocycles. The van der Waals surface area contributed by atoms with Gasteiger partial charge in [0.1, 0.15) is 0 Å². The number of aromatic nitrogens is 2. The molecule has 1 aromatic rings. The summed E-state index contributed by atoms with van der Waals surface area (Å²) in [5.74, 6) is -2.25. The maximum absolute atomic E-state index is 13.3. The molecule has 7 heteroatoms. The van der Waals surface area contributed by atoms with Crippen molar-refractivity contribution in [2.45, 2.75) is 26.8 Å². The van der Waals surface area contributed by atoms with E-state index in [9.17, 15) is 19.1 Å². The lowest BCUT2D eigenvalue weighted by Crippen LogP contribution is -2.38. The molecule has 0 aromatic carbocycles. The van der Waals surface area contributed by atoms with Crippen molar-refractivity contribution < 1.29 is 9.50 Å². The van der Waals surface area contributed by atoms with Crippen LogP contribution in [0, 0.1) is 5.82 Å². The number of likely N-dealkylation sites (N-methyl/N-ethyl adjacent to an activating group) is 1. The minimum Gasteiger partial charge on any atom is -0.492 e. The van der Waals surface area contributed by atoms with Crippen molar-refractivity contribution in [2.75, 3.05) is 19.6 Å². The van der Waals surface area contributed by atoms with Gasteiger partial charge in [0.05, 0.1) is 6.04 Å². The van der Waals surface area contributed by atoms with Crippen molar-refractivity contribution in [3.8, 4) is 5.88 Å². The average Bonchev–Trinajstić information content (AvgIpc) is 2.33. The minimum absolute atomic E-state index is 0.441. The van der Waals surface area contributed by atoms with E-state index in [0.717, 1.165) is 17.7 Å². The van der Waals surface area contributed by atoms with Crippen molar-refractivity contribution in [1.29, 1.82) is 0 Å². The first kappa shape index (κ1) is 14.4. The monoisotopic (exact) mass is 259 g/mol. The first-order valence-electron chi connectivity index (χ1n) is 5.87. The van der Waals surface area contributed by atoms with Gasteiger partial charge >= 0.3 is 5.69 Å². The molecule has 1 rings (SSSR count). The molecule has 0 radical (unpaired) electrons. The predicted molar refractivity (Wildman–Crippen MR) is 65.4 cm³/mol. The van der Waals surface area contributed by atoms with Crippen LogP contribution in [0.5, 0.6) is 5.88 Å². The van der Waals surface area contributed by atoms with Gasteiger partial charge in [0.15, 0.2) is 0 Å². The van der Waals surface area contributed by atoms with Gasteiger partial charge in [0.2, 0.25) is 11.7 Å². The van der Waals surface area contributed by atoms with Gasteiger partial charge in [-0.1, -0.05) is 13.8 Å². The summed E-state index contributed by atoms with van der Waals surface area (Å²) in [5, 5.41) is 9.54. The molecule has 6 nitrogen and oxygen atoms in total. The molecule has 0 spiro atoms. The van der Waals surface area contributed by atoms with Crippen molar-refractivity contribution in [3.63, 3.8) is 0 Å². The molecule has 1 aromatic heterocycles. The first-order chi connectivity index (χ1) is 8.42. The highest BCUT2D eigenvalue weighted by Gasteiger charge is 2.19. The summed E-state index contributed by atoms with van der Waals surface area (Å²) < 4.78 is 14.1. The van der Waals surface area contributed by atoms with Gasteiger partial charge in [-0.15, -0.1) is 0 Å².